The van der Waals surface area contributed by atoms with Gasteiger partial charge in [0.2, 0.25) is 0 Å². The SMILES string of the molecule is CC1CC(c2cccc3c2OC(c2ccc(Cl)cc2F)CO3)CCN1Cc1nc2ccc(C(=O)O)cc2n1CC1CCO1. The van der Waals surface area contributed by atoms with E-state index in [0.29, 0.717) is 35.2 Å². The molecule has 4 aromatic rings. The van der Waals surface area contributed by atoms with Crippen LogP contribution in [-0.4, -0.2) is 57.4 Å². The number of carboxylic acid groups (broad SMARTS) is 1. The van der Waals surface area contributed by atoms with Crippen molar-refractivity contribution in [3.05, 3.63) is 88.0 Å². The molecule has 7 rings (SSSR count). The van der Waals surface area contributed by atoms with Crippen molar-refractivity contribution in [2.24, 2.45) is 0 Å². The number of para-hydroxylation sites is 1. The molecule has 0 amide bonds. The highest BCUT2D eigenvalue weighted by atomic mass is 35.5. The Labute approximate surface area is 253 Å². The van der Waals surface area contributed by atoms with Crippen molar-refractivity contribution in [3.63, 3.8) is 0 Å². The van der Waals surface area contributed by atoms with Crippen LogP contribution in [0.4, 0.5) is 4.39 Å². The predicted octanol–water partition coefficient (Wildman–Crippen LogP) is 6.60. The molecule has 3 aliphatic rings. The second kappa shape index (κ2) is 11.4. The minimum atomic E-state index is -0.950. The Morgan fingerprint density at radius 2 is 2.00 bits per heavy atom. The summed E-state index contributed by atoms with van der Waals surface area (Å²) in [7, 11) is 0. The van der Waals surface area contributed by atoms with E-state index in [0.717, 1.165) is 54.8 Å². The van der Waals surface area contributed by atoms with Gasteiger partial charge in [0.05, 0.1) is 35.8 Å². The summed E-state index contributed by atoms with van der Waals surface area (Å²) in [6, 6.07) is 16.0. The zero-order valence-electron chi connectivity index (χ0n) is 23.8. The first-order valence-electron chi connectivity index (χ1n) is 14.8. The lowest BCUT2D eigenvalue weighted by Gasteiger charge is -2.39. The number of hydrogen-bond acceptors (Lipinski definition) is 6. The van der Waals surface area contributed by atoms with E-state index in [2.05, 4.69) is 22.5 Å². The minimum absolute atomic E-state index is 0.115. The number of carbonyl (C=O) groups is 1. The largest absolute Gasteiger partial charge is 0.485 e. The second-order valence-electron chi connectivity index (χ2n) is 11.7. The molecule has 224 valence electrons. The number of fused-ring (bicyclic) bond motifs is 2. The maximum absolute atomic E-state index is 14.7. The highest BCUT2D eigenvalue weighted by Gasteiger charge is 2.34. The van der Waals surface area contributed by atoms with Crippen LogP contribution in [0, 0.1) is 5.82 Å². The predicted molar refractivity (Wildman–Crippen MR) is 160 cm³/mol. The molecule has 0 aliphatic carbocycles. The van der Waals surface area contributed by atoms with Crippen LogP contribution < -0.4 is 9.47 Å². The molecule has 4 heterocycles. The van der Waals surface area contributed by atoms with Gasteiger partial charge in [0.15, 0.2) is 17.6 Å². The maximum Gasteiger partial charge on any atom is 0.335 e. The van der Waals surface area contributed by atoms with Gasteiger partial charge < -0.3 is 23.9 Å². The number of imidazole rings is 1. The molecule has 43 heavy (non-hydrogen) atoms. The number of carboxylic acids is 1. The molecule has 3 aromatic carbocycles. The molecule has 0 spiro atoms. The summed E-state index contributed by atoms with van der Waals surface area (Å²) in [4.78, 5) is 19.0. The third-order valence-corrected chi connectivity index (χ3v) is 9.26. The molecule has 10 heteroatoms. The number of piperidine rings is 1. The van der Waals surface area contributed by atoms with E-state index in [-0.39, 0.29) is 30.2 Å². The van der Waals surface area contributed by atoms with Crippen molar-refractivity contribution in [2.75, 3.05) is 19.8 Å². The van der Waals surface area contributed by atoms with Gasteiger partial charge >= 0.3 is 5.97 Å². The fourth-order valence-corrected chi connectivity index (χ4v) is 6.69. The molecule has 8 nitrogen and oxygen atoms in total. The minimum Gasteiger partial charge on any atom is -0.485 e. The monoisotopic (exact) mass is 605 g/mol. The molecule has 3 aliphatic heterocycles. The molecule has 1 N–H and O–H groups in total. The van der Waals surface area contributed by atoms with Crippen LogP contribution in [0.25, 0.3) is 11.0 Å². The Balaban J connectivity index is 1.10. The Morgan fingerprint density at radius 1 is 1.14 bits per heavy atom. The molecule has 2 saturated heterocycles. The average molecular weight is 606 g/mol. The van der Waals surface area contributed by atoms with E-state index < -0.39 is 17.9 Å². The van der Waals surface area contributed by atoms with Crippen molar-refractivity contribution < 1.29 is 28.5 Å². The highest BCUT2D eigenvalue weighted by molar-refractivity contribution is 6.30. The number of likely N-dealkylation sites (tertiary alicyclic amines) is 1. The number of ether oxygens (including phenoxy) is 3. The first-order valence-corrected chi connectivity index (χ1v) is 15.2. The fourth-order valence-electron chi connectivity index (χ4n) is 6.53. The Bertz CT molecular complexity index is 1690. The van der Waals surface area contributed by atoms with E-state index in [1.165, 1.54) is 6.07 Å². The van der Waals surface area contributed by atoms with Gasteiger partial charge in [-0.3, -0.25) is 4.90 Å². The van der Waals surface area contributed by atoms with E-state index in [9.17, 15) is 14.3 Å². The third-order valence-electron chi connectivity index (χ3n) is 9.02. The summed E-state index contributed by atoms with van der Waals surface area (Å²) in [5, 5.41) is 9.91. The van der Waals surface area contributed by atoms with Crippen LogP contribution >= 0.6 is 11.6 Å². The maximum atomic E-state index is 14.7. The van der Waals surface area contributed by atoms with Gasteiger partial charge in [0.25, 0.3) is 0 Å². The Kier molecular flexibility index (Phi) is 7.49. The zero-order valence-corrected chi connectivity index (χ0v) is 24.6. The number of benzene rings is 3. The Morgan fingerprint density at radius 3 is 2.74 bits per heavy atom. The van der Waals surface area contributed by atoms with Gasteiger partial charge in [-0.25, -0.2) is 14.2 Å². The normalized spacial score (nSPS) is 23.7. The summed E-state index contributed by atoms with van der Waals surface area (Å²) >= 11 is 5.97. The Hall–Kier alpha value is -3.66. The molecular weight excluding hydrogens is 573 g/mol. The van der Waals surface area contributed by atoms with Gasteiger partial charge in [0, 0.05) is 28.8 Å². The third kappa shape index (κ3) is 5.46. The van der Waals surface area contributed by atoms with Crippen LogP contribution in [0.2, 0.25) is 5.02 Å². The summed E-state index contributed by atoms with van der Waals surface area (Å²) in [6.45, 7) is 5.38. The number of aromatic nitrogens is 2. The summed E-state index contributed by atoms with van der Waals surface area (Å²) in [6.07, 6.45) is 2.37. The van der Waals surface area contributed by atoms with Gasteiger partial charge in [-0.05, 0) is 75.0 Å². The molecule has 1 aromatic heterocycles. The average Bonchev–Trinajstić information content (AvgIpc) is 3.31. The van der Waals surface area contributed by atoms with Crippen molar-refractivity contribution in [1.29, 1.82) is 0 Å². The van der Waals surface area contributed by atoms with Crippen LogP contribution in [-0.2, 0) is 17.8 Å². The van der Waals surface area contributed by atoms with Crippen LogP contribution in [0.15, 0.2) is 54.6 Å². The second-order valence-corrected chi connectivity index (χ2v) is 12.2. The summed E-state index contributed by atoms with van der Waals surface area (Å²) < 4.78 is 35.1. The van der Waals surface area contributed by atoms with Crippen molar-refractivity contribution in [3.8, 4) is 11.5 Å². The quantitative estimate of drug-likeness (QED) is 0.254. The lowest BCUT2D eigenvalue weighted by Crippen LogP contribution is -2.40. The lowest BCUT2D eigenvalue weighted by molar-refractivity contribution is -0.0592. The van der Waals surface area contributed by atoms with E-state index in [1.54, 1.807) is 30.3 Å². The number of hydrogen-bond donors (Lipinski definition) is 1. The summed E-state index contributed by atoms with van der Waals surface area (Å²) in [5.41, 5.74) is 3.38. The molecule has 0 radical (unpaired) electrons. The molecule has 0 bridgehead atoms. The number of nitrogens with zero attached hydrogens (tertiary/aromatic N) is 3. The van der Waals surface area contributed by atoms with Crippen LogP contribution in [0.1, 0.15) is 65.5 Å². The standard InChI is InChI=1S/C33H33ClFN3O5/c1-19-13-20(24-3-2-4-29-32(24)43-30(18-42-29)25-7-6-22(34)15-26(25)35)9-11-37(19)17-31-36-27-8-5-21(33(39)40)14-28(27)38(31)16-23-10-12-41-23/h2-8,14-15,19-20,23,30H,9-13,16-18H2,1H3,(H,39,40). The van der Waals surface area contributed by atoms with Crippen molar-refractivity contribution in [1.82, 2.24) is 14.5 Å². The van der Waals surface area contributed by atoms with E-state index in [4.69, 9.17) is 30.8 Å². The molecular formula is C33H33ClFN3O5. The first kappa shape index (κ1) is 28.1. The van der Waals surface area contributed by atoms with Crippen LogP contribution in [0.3, 0.4) is 0 Å². The van der Waals surface area contributed by atoms with Crippen molar-refractivity contribution in [2.45, 2.75) is 63.4 Å². The number of aromatic carboxylic acids is 1. The van der Waals surface area contributed by atoms with Crippen LogP contribution in [0.5, 0.6) is 11.5 Å². The van der Waals surface area contributed by atoms with Gasteiger partial charge in [-0.15, -0.1) is 0 Å². The first-order chi connectivity index (χ1) is 20.8. The van der Waals surface area contributed by atoms with Gasteiger partial charge in [0.1, 0.15) is 18.2 Å². The topological polar surface area (TPSA) is 86.0 Å². The molecule has 4 unspecified atom stereocenters. The smallest absolute Gasteiger partial charge is 0.335 e. The zero-order chi connectivity index (χ0) is 29.7. The molecule has 4 atom stereocenters. The number of halogens is 2. The van der Waals surface area contributed by atoms with Gasteiger partial charge in [-0.1, -0.05) is 29.8 Å². The van der Waals surface area contributed by atoms with Gasteiger partial charge in [-0.2, -0.15) is 0 Å². The molecule has 0 saturated carbocycles. The summed E-state index contributed by atoms with van der Waals surface area (Å²) in [5.74, 6) is 1.19. The fraction of sp³-hybridized carbons (Fsp3) is 0.394. The number of rotatable bonds is 7. The van der Waals surface area contributed by atoms with E-state index >= 15 is 0 Å². The van der Waals surface area contributed by atoms with E-state index in [1.807, 2.05) is 12.1 Å². The highest BCUT2D eigenvalue weighted by Crippen LogP contribution is 2.45. The molecule has 2 fully saturated rings. The lowest BCUT2D eigenvalue weighted by atomic mass is 9.85. The van der Waals surface area contributed by atoms with Crippen molar-refractivity contribution >= 4 is 28.6 Å².